The van der Waals surface area contributed by atoms with Crippen molar-refractivity contribution in [1.82, 2.24) is 15.5 Å². The van der Waals surface area contributed by atoms with Crippen LogP contribution in [0.2, 0.25) is 0 Å². The van der Waals surface area contributed by atoms with Crippen LogP contribution in [0.3, 0.4) is 0 Å². The van der Waals surface area contributed by atoms with Crippen LogP contribution in [0.25, 0.3) is 0 Å². The van der Waals surface area contributed by atoms with E-state index in [1.165, 1.54) is 17.9 Å². The molecular formula is C11H19N3OS2. The lowest BCUT2D eigenvalue weighted by Gasteiger charge is -2.27. The molecule has 2 rings (SSSR count). The van der Waals surface area contributed by atoms with E-state index in [0.717, 1.165) is 12.4 Å². The van der Waals surface area contributed by atoms with Crippen molar-refractivity contribution in [2.45, 2.75) is 37.3 Å². The van der Waals surface area contributed by atoms with Gasteiger partial charge in [-0.1, -0.05) is 19.0 Å². The molecule has 96 valence electrons. The molecule has 1 saturated heterocycles. The van der Waals surface area contributed by atoms with Gasteiger partial charge in [0.1, 0.15) is 0 Å². The van der Waals surface area contributed by atoms with E-state index in [1.807, 2.05) is 23.5 Å². The molecular weight excluding hydrogens is 254 g/mol. The Balaban J connectivity index is 2.02. The first-order chi connectivity index (χ1) is 8.35. The Morgan fingerprint density at radius 3 is 2.94 bits per heavy atom. The molecule has 2 unspecified atom stereocenters. The first-order valence-corrected chi connectivity index (χ1v) is 8.21. The van der Waals surface area contributed by atoms with Gasteiger partial charge in [0.25, 0.3) is 0 Å². The largest absolute Gasteiger partial charge is 0.338 e. The first-order valence-electron chi connectivity index (χ1n) is 6.11. The Hall–Kier alpha value is -0.200. The lowest BCUT2D eigenvalue weighted by molar-refractivity contribution is 0.363. The minimum atomic E-state index is 0.401. The topological polar surface area (TPSA) is 51.0 Å². The Kier molecular flexibility index (Phi) is 5.18. The van der Waals surface area contributed by atoms with Crippen LogP contribution in [0.5, 0.6) is 0 Å². The zero-order valence-corrected chi connectivity index (χ0v) is 11.9. The van der Waals surface area contributed by atoms with Crippen molar-refractivity contribution >= 4 is 23.5 Å². The molecule has 0 spiro atoms. The zero-order chi connectivity index (χ0) is 12.1. The molecule has 1 aromatic rings. The van der Waals surface area contributed by atoms with Crippen molar-refractivity contribution in [2.24, 2.45) is 0 Å². The summed E-state index contributed by atoms with van der Waals surface area (Å²) in [7, 11) is 0. The molecule has 1 N–H and O–H groups in total. The molecule has 4 nitrogen and oxygen atoms in total. The van der Waals surface area contributed by atoms with Crippen molar-refractivity contribution in [1.29, 1.82) is 0 Å². The highest BCUT2D eigenvalue weighted by molar-refractivity contribution is 8.06. The maximum absolute atomic E-state index is 5.27. The predicted molar refractivity (Wildman–Crippen MR) is 73.4 cm³/mol. The lowest BCUT2D eigenvalue weighted by Crippen LogP contribution is -2.19. The third kappa shape index (κ3) is 3.39. The van der Waals surface area contributed by atoms with E-state index in [1.54, 1.807) is 0 Å². The van der Waals surface area contributed by atoms with Gasteiger partial charge >= 0.3 is 0 Å². The molecule has 17 heavy (non-hydrogen) atoms. The predicted octanol–water partition coefficient (Wildman–Crippen LogP) is 2.48. The van der Waals surface area contributed by atoms with Gasteiger partial charge in [-0.3, -0.25) is 0 Å². The van der Waals surface area contributed by atoms with E-state index in [4.69, 9.17) is 4.52 Å². The Morgan fingerprint density at radius 1 is 1.35 bits per heavy atom. The summed E-state index contributed by atoms with van der Waals surface area (Å²) in [6.45, 7) is 5.89. The zero-order valence-electron chi connectivity index (χ0n) is 10.3. The van der Waals surface area contributed by atoms with Gasteiger partial charge in [-0.15, -0.1) is 11.8 Å². The van der Waals surface area contributed by atoms with Gasteiger partial charge in [0.15, 0.2) is 5.82 Å². The first kappa shape index (κ1) is 13.2. The SMILES string of the molecule is CCNCc1nc(C2SCCSC2CC)no1. The average molecular weight is 273 g/mol. The van der Waals surface area contributed by atoms with Crippen LogP contribution in [-0.2, 0) is 6.54 Å². The minimum absolute atomic E-state index is 0.401. The van der Waals surface area contributed by atoms with Crippen LogP contribution in [0.4, 0.5) is 0 Å². The molecule has 2 atom stereocenters. The second-order valence-corrected chi connectivity index (χ2v) is 6.53. The van der Waals surface area contributed by atoms with E-state index >= 15 is 0 Å². The van der Waals surface area contributed by atoms with Crippen molar-refractivity contribution < 1.29 is 4.52 Å². The van der Waals surface area contributed by atoms with Crippen LogP contribution in [0, 0.1) is 0 Å². The molecule has 1 aliphatic rings. The summed E-state index contributed by atoms with van der Waals surface area (Å²) in [4.78, 5) is 4.50. The van der Waals surface area contributed by atoms with Gasteiger partial charge in [0, 0.05) is 16.8 Å². The maximum Gasteiger partial charge on any atom is 0.240 e. The molecule has 0 aromatic carbocycles. The van der Waals surface area contributed by atoms with E-state index in [9.17, 15) is 0 Å². The van der Waals surface area contributed by atoms with Gasteiger partial charge in [0.2, 0.25) is 5.89 Å². The van der Waals surface area contributed by atoms with Gasteiger partial charge in [-0.25, -0.2) is 0 Å². The smallest absolute Gasteiger partial charge is 0.240 e. The quantitative estimate of drug-likeness (QED) is 0.889. The average Bonchev–Trinajstić information content (AvgIpc) is 2.85. The van der Waals surface area contributed by atoms with Crippen LogP contribution in [0.15, 0.2) is 4.52 Å². The van der Waals surface area contributed by atoms with Crippen molar-refractivity contribution in [3.8, 4) is 0 Å². The number of hydrogen-bond donors (Lipinski definition) is 1. The third-order valence-corrected chi connectivity index (χ3v) is 5.96. The normalized spacial score (nSPS) is 25.1. The summed E-state index contributed by atoms with van der Waals surface area (Å²) in [5, 5.41) is 8.35. The summed E-state index contributed by atoms with van der Waals surface area (Å²) in [6.07, 6.45) is 1.17. The molecule has 0 saturated carbocycles. The molecule has 0 radical (unpaired) electrons. The molecule has 6 heteroatoms. The van der Waals surface area contributed by atoms with Gasteiger partial charge < -0.3 is 9.84 Å². The number of nitrogens with zero attached hydrogens (tertiary/aromatic N) is 2. The van der Waals surface area contributed by atoms with Gasteiger partial charge in [0.05, 0.1) is 11.8 Å². The van der Waals surface area contributed by atoms with Gasteiger partial charge in [-0.05, 0) is 13.0 Å². The molecule has 2 heterocycles. The molecule has 0 bridgehead atoms. The van der Waals surface area contributed by atoms with Crippen LogP contribution in [0.1, 0.15) is 37.2 Å². The fourth-order valence-electron chi connectivity index (χ4n) is 1.83. The van der Waals surface area contributed by atoms with E-state index in [0.29, 0.717) is 22.9 Å². The number of thioether (sulfide) groups is 2. The second kappa shape index (κ2) is 6.66. The van der Waals surface area contributed by atoms with Crippen LogP contribution >= 0.6 is 23.5 Å². The highest BCUT2D eigenvalue weighted by atomic mass is 32.2. The number of hydrogen-bond acceptors (Lipinski definition) is 6. The Labute approximate surface area is 111 Å². The number of rotatable bonds is 5. The molecule has 0 aliphatic carbocycles. The van der Waals surface area contributed by atoms with Gasteiger partial charge in [-0.2, -0.15) is 16.7 Å². The van der Waals surface area contributed by atoms with E-state index in [2.05, 4.69) is 29.3 Å². The maximum atomic E-state index is 5.27. The van der Waals surface area contributed by atoms with E-state index < -0.39 is 0 Å². The summed E-state index contributed by atoms with van der Waals surface area (Å²) in [5.41, 5.74) is 0. The van der Waals surface area contributed by atoms with E-state index in [-0.39, 0.29) is 0 Å². The Morgan fingerprint density at radius 2 is 2.18 bits per heavy atom. The third-order valence-electron chi connectivity index (χ3n) is 2.72. The standard InChI is InChI=1S/C11H19N3OS2/c1-3-8-10(17-6-5-16-8)11-13-9(15-14-11)7-12-4-2/h8,10,12H,3-7H2,1-2H3. The summed E-state index contributed by atoms with van der Waals surface area (Å²) < 4.78 is 5.27. The highest BCUT2D eigenvalue weighted by Crippen LogP contribution is 2.42. The fraction of sp³-hybridized carbons (Fsp3) is 0.818. The number of aromatic nitrogens is 2. The summed E-state index contributed by atoms with van der Waals surface area (Å²) in [6, 6.07) is 0. The highest BCUT2D eigenvalue weighted by Gasteiger charge is 2.30. The minimum Gasteiger partial charge on any atom is -0.338 e. The van der Waals surface area contributed by atoms with Crippen molar-refractivity contribution in [3.63, 3.8) is 0 Å². The molecule has 1 aliphatic heterocycles. The van der Waals surface area contributed by atoms with Crippen molar-refractivity contribution in [3.05, 3.63) is 11.7 Å². The van der Waals surface area contributed by atoms with Crippen molar-refractivity contribution in [2.75, 3.05) is 18.1 Å². The fourth-order valence-corrected chi connectivity index (χ4v) is 4.81. The number of nitrogens with one attached hydrogen (secondary N) is 1. The summed E-state index contributed by atoms with van der Waals surface area (Å²) >= 11 is 4.00. The second-order valence-electron chi connectivity index (χ2n) is 3.94. The van der Waals surface area contributed by atoms with Crippen LogP contribution < -0.4 is 5.32 Å². The molecule has 0 amide bonds. The summed E-state index contributed by atoms with van der Waals surface area (Å²) in [5.74, 6) is 4.00. The Bertz CT molecular complexity index is 345. The lowest BCUT2D eigenvalue weighted by atomic mass is 10.2. The molecule has 1 aromatic heterocycles. The monoisotopic (exact) mass is 273 g/mol. The molecule has 1 fully saturated rings. The van der Waals surface area contributed by atoms with Crippen LogP contribution in [-0.4, -0.2) is 33.4 Å².